The van der Waals surface area contributed by atoms with Crippen LogP contribution in [0.1, 0.15) is 40.0 Å². The van der Waals surface area contributed by atoms with Crippen LogP contribution in [0.3, 0.4) is 0 Å². The lowest BCUT2D eigenvalue weighted by Gasteiger charge is -2.20. The molecule has 0 aromatic carbocycles. The van der Waals surface area contributed by atoms with Crippen LogP contribution in [0, 0.1) is 5.92 Å². The van der Waals surface area contributed by atoms with E-state index in [2.05, 4.69) is 23.9 Å². The second kappa shape index (κ2) is 7.63. The Kier molecular flexibility index (Phi) is 7.34. The van der Waals surface area contributed by atoms with E-state index in [1.165, 1.54) is 26.9 Å². The summed E-state index contributed by atoms with van der Waals surface area (Å²) in [4.78, 5) is 11.1. The maximum atomic E-state index is 11.1. The minimum absolute atomic E-state index is 0.237. The molecule has 1 atom stereocenters. The number of methoxy groups -OCH3 is 1. The van der Waals surface area contributed by atoms with Gasteiger partial charge < -0.3 is 15.2 Å². The predicted octanol–water partition coefficient (Wildman–Crippen LogP) is 1.33. The molecule has 0 aliphatic carbocycles. The van der Waals surface area contributed by atoms with Crippen LogP contribution in [0.15, 0.2) is 0 Å². The third kappa shape index (κ3) is 6.80. The topological polar surface area (TPSA) is 58.6 Å². The number of esters is 1. The Hall–Kier alpha value is -0.610. The molecule has 2 N–H and O–H groups in total. The molecule has 0 spiro atoms. The van der Waals surface area contributed by atoms with Crippen LogP contribution in [0.25, 0.3) is 0 Å². The van der Waals surface area contributed by atoms with Gasteiger partial charge in [-0.2, -0.15) is 0 Å². The van der Waals surface area contributed by atoms with Crippen LogP contribution in [-0.4, -0.2) is 36.9 Å². The molecule has 0 amide bonds. The van der Waals surface area contributed by atoms with Crippen molar-refractivity contribution in [3.63, 3.8) is 0 Å². The molecule has 0 saturated heterocycles. The molecule has 4 heteroatoms. The number of carbonyl (C=O) groups excluding carboxylic acids is 1. The molecule has 0 rings (SSSR count). The largest absolute Gasteiger partial charge is 0.467 e. The number of rotatable bonds is 8. The smallest absolute Gasteiger partial charge is 0.338 e. The highest BCUT2D eigenvalue weighted by Crippen LogP contribution is 2.06. The first-order valence-corrected chi connectivity index (χ1v) is 5.91. The monoisotopic (exact) mass is 231 g/mol. The highest BCUT2D eigenvalue weighted by Gasteiger charge is 2.30. The summed E-state index contributed by atoms with van der Waals surface area (Å²) in [5, 5.41) is 12.8. The first-order valence-electron chi connectivity index (χ1n) is 5.91. The van der Waals surface area contributed by atoms with Gasteiger partial charge in [-0.1, -0.05) is 26.7 Å². The van der Waals surface area contributed by atoms with Crippen LogP contribution in [0.4, 0.5) is 0 Å². The molecule has 0 bridgehead atoms. The fraction of sp³-hybridized carbons (Fsp3) is 0.917. The van der Waals surface area contributed by atoms with Crippen LogP contribution in [-0.2, 0) is 9.53 Å². The molecule has 0 aromatic heterocycles. The van der Waals surface area contributed by atoms with Gasteiger partial charge in [-0.3, -0.25) is 0 Å². The Bertz CT molecular complexity index is 202. The lowest BCUT2D eigenvalue weighted by atomic mass is 10.1. The van der Waals surface area contributed by atoms with Crippen molar-refractivity contribution < 1.29 is 14.6 Å². The number of hydrogen-bond donors (Lipinski definition) is 2. The Balaban J connectivity index is 3.54. The quantitative estimate of drug-likeness (QED) is 0.489. The highest BCUT2D eigenvalue weighted by atomic mass is 16.5. The standard InChI is InChI=1S/C12H25NO3/c1-10(2)7-5-6-8-13-9-12(3,15)11(14)16-4/h10,13,15H,5-9H2,1-4H3. The Morgan fingerprint density at radius 3 is 2.56 bits per heavy atom. The van der Waals surface area contributed by atoms with E-state index >= 15 is 0 Å². The second-order valence-corrected chi connectivity index (χ2v) is 4.83. The minimum atomic E-state index is -1.42. The van der Waals surface area contributed by atoms with Gasteiger partial charge in [0.1, 0.15) is 0 Å². The zero-order valence-electron chi connectivity index (χ0n) is 10.9. The van der Waals surface area contributed by atoms with E-state index in [4.69, 9.17) is 0 Å². The Morgan fingerprint density at radius 1 is 1.44 bits per heavy atom. The van der Waals surface area contributed by atoms with E-state index in [1.54, 1.807) is 0 Å². The first-order chi connectivity index (χ1) is 7.40. The minimum Gasteiger partial charge on any atom is -0.467 e. The fourth-order valence-corrected chi connectivity index (χ4v) is 1.43. The summed E-state index contributed by atoms with van der Waals surface area (Å²) in [6, 6.07) is 0. The van der Waals surface area contributed by atoms with Crippen molar-refractivity contribution >= 4 is 5.97 Å². The number of carbonyl (C=O) groups is 1. The lowest BCUT2D eigenvalue weighted by Crippen LogP contribution is -2.45. The molecule has 0 saturated carbocycles. The Labute approximate surface area is 98.4 Å². The van der Waals surface area contributed by atoms with Gasteiger partial charge in [0.2, 0.25) is 0 Å². The van der Waals surface area contributed by atoms with E-state index in [0.717, 1.165) is 18.9 Å². The summed E-state index contributed by atoms with van der Waals surface area (Å²) in [5.41, 5.74) is -1.42. The SMILES string of the molecule is COC(=O)C(C)(O)CNCCCCC(C)C. The predicted molar refractivity (Wildman–Crippen MR) is 64.2 cm³/mol. The number of nitrogens with one attached hydrogen (secondary N) is 1. The molecule has 0 aliphatic heterocycles. The second-order valence-electron chi connectivity index (χ2n) is 4.83. The van der Waals surface area contributed by atoms with Gasteiger partial charge >= 0.3 is 5.97 Å². The normalized spacial score (nSPS) is 14.9. The van der Waals surface area contributed by atoms with E-state index in [9.17, 15) is 9.90 Å². The van der Waals surface area contributed by atoms with Gasteiger partial charge in [0.15, 0.2) is 5.60 Å². The van der Waals surface area contributed by atoms with E-state index < -0.39 is 11.6 Å². The maximum absolute atomic E-state index is 11.1. The third-order valence-electron chi connectivity index (χ3n) is 2.48. The Morgan fingerprint density at radius 2 is 2.06 bits per heavy atom. The summed E-state index contributed by atoms with van der Waals surface area (Å²) in [5.74, 6) is 0.139. The van der Waals surface area contributed by atoms with Crippen molar-refractivity contribution in [1.29, 1.82) is 0 Å². The molecule has 0 fully saturated rings. The molecule has 4 nitrogen and oxygen atoms in total. The molecule has 0 aromatic rings. The van der Waals surface area contributed by atoms with Gasteiger partial charge in [-0.15, -0.1) is 0 Å². The van der Waals surface area contributed by atoms with Gasteiger partial charge in [0, 0.05) is 6.54 Å². The fourth-order valence-electron chi connectivity index (χ4n) is 1.43. The number of unbranched alkanes of at least 4 members (excludes halogenated alkanes) is 1. The molecule has 0 aliphatic rings. The van der Waals surface area contributed by atoms with Gasteiger partial charge in [-0.25, -0.2) is 4.79 Å². The van der Waals surface area contributed by atoms with E-state index in [-0.39, 0.29) is 6.54 Å². The molecular weight excluding hydrogens is 206 g/mol. The average Bonchev–Trinajstić information content (AvgIpc) is 2.21. The molecule has 0 radical (unpaired) electrons. The number of hydrogen-bond acceptors (Lipinski definition) is 4. The van der Waals surface area contributed by atoms with Crippen LogP contribution < -0.4 is 5.32 Å². The van der Waals surface area contributed by atoms with Crippen LogP contribution >= 0.6 is 0 Å². The molecule has 96 valence electrons. The third-order valence-corrected chi connectivity index (χ3v) is 2.48. The van der Waals surface area contributed by atoms with Crippen LogP contribution in [0.5, 0.6) is 0 Å². The lowest BCUT2D eigenvalue weighted by molar-refractivity contribution is -0.159. The van der Waals surface area contributed by atoms with E-state index in [0.29, 0.717) is 0 Å². The van der Waals surface area contributed by atoms with Crippen molar-refractivity contribution in [2.45, 2.75) is 45.6 Å². The molecule has 16 heavy (non-hydrogen) atoms. The van der Waals surface area contributed by atoms with Crippen molar-refractivity contribution in [2.75, 3.05) is 20.2 Å². The van der Waals surface area contributed by atoms with E-state index in [1.807, 2.05) is 0 Å². The summed E-state index contributed by atoms with van der Waals surface area (Å²) < 4.78 is 4.50. The maximum Gasteiger partial charge on any atom is 0.338 e. The summed E-state index contributed by atoms with van der Waals surface area (Å²) in [6.07, 6.45) is 3.45. The first kappa shape index (κ1) is 15.4. The number of aliphatic hydroxyl groups is 1. The van der Waals surface area contributed by atoms with Gasteiger partial charge in [-0.05, 0) is 25.8 Å². The van der Waals surface area contributed by atoms with Gasteiger partial charge in [0.05, 0.1) is 7.11 Å². The molecular formula is C12H25NO3. The van der Waals surface area contributed by atoms with Gasteiger partial charge in [0.25, 0.3) is 0 Å². The average molecular weight is 231 g/mol. The van der Waals surface area contributed by atoms with Crippen LogP contribution in [0.2, 0.25) is 0 Å². The molecule has 1 unspecified atom stereocenters. The van der Waals surface area contributed by atoms with Crippen molar-refractivity contribution in [3.8, 4) is 0 Å². The highest BCUT2D eigenvalue weighted by molar-refractivity contribution is 5.78. The number of ether oxygens (including phenoxy) is 1. The summed E-state index contributed by atoms with van der Waals surface area (Å²) in [6.45, 7) is 6.92. The van der Waals surface area contributed by atoms with Crippen molar-refractivity contribution in [2.24, 2.45) is 5.92 Å². The summed E-state index contributed by atoms with van der Waals surface area (Å²) >= 11 is 0. The zero-order valence-corrected chi connectivity index (χ0v) is 10.9. The van der Waals surface area contributed by atoms with Crippen molar-refractivity contribution in [1.82, 2.24) is 5.32 Å². The summed E-state index contributed by atoms with van der Waals surface area (Å²) in [7, 11) is 1.28. The zero-order chi connectivity index (χ0) is 12.6. The molecule has 0 heterocycles. The van der Waals surface area contributed by atoms with Crippen molar-refractivity contribution in [3.05, 3.63) is 0 Å².